The molecule has 3 aromatic rings. The highest BCUT2D eigenvalue weighted by molar-refractivity contribution is 7.90. The minimum Gasteiger partial charge on any atom is -0.399 e. The Morgan fingerprint density at radius 3 is 2.67 bits per heavy atom. The zero-order chi connectivity index (χ0) is 15.0. The normalized spacial score (nSPS) is 11.7. The van der Waals surface area contributed by atoms with Crippen molar-refractivity contribution in [1.29, 1.82) is 0 Å². The molecule has 2 N–H and O–H groups in total. The van der Waals surface area contributed by atoms with Gasteiger partial charge in [0.05, 0.1) is 27.8 Å². The molecule has 0 aliphatic rings. The number of aromatic nitrogens is 3. The summed E-state index contributed by atoms with van der Waals surface area (Å²) in [5.41, 5.74) is 8.49. The lowest BCUT2D eigenvalue weighted by Crippen LogP contribution is -2.01. The van der Waals surface area contributed by atoms with E-state index in [1.165, 1.54) is 24.7 Å². The quantitative estimate of drug-likeness (QED) is 0.723. The number of fused-ring (bicyclic) bond motifs is 1. The number of anilines is 1. The first-order valence-corrected chi connectivity index (χ1v) is 8.01. The summed E-state index contributed by atoms with van der Waals surface area (Å²) < 4.78 is 23.7. The van der Waals surface area contributed by atoms with Gasteiger partial charge in [0.25, 0.3) is 0 Å². The molecule has 6 nitrogen and oxygen atoms in total. The first kappa shape index (κ1) is 13.4. The molecule has 0 aliphatic carbocycles. The van der Waals surface area contributed by atoms with E-state index >= 15 is 0 Å². The number of nitrogens with zero attached hydrogens (tertiary/aromatic N) is 3. The van der Waals surface area contributed by atoms with Gasteiger partial charge < -0.3 is 5.73 Å². The fourth-order valence-electron chi connectivity index (χ4n) is 2.05. The number of benzene rings is 1. The lowest BCUT2D eigenvalue weighted by atomic mass is 10.2. The van der Waals surface area contributed by atoms with Gasteiger partial charge in [0.2, 0.25) is 0 Å². The number of hydrogen-bond acceptors (Lipinski definition) is 6. The van der Waals surface area contributed by atoms with Crippen LogP contribution in [0, 0.1) is 0 Å². The van der Waals surface area contributed by atoms with Crippen LogP contribution in [-0.2, 0) is 9.84 Å². The molecule has 0 saturated carbocycles. The van der Waals surface area contributed by atoms with E-state index in [-0.39, 0.29) is 4.90 Å². The van der Waals surface area contributed by atoms with Gasteiger partial charge in [-0.05, 0) is 24.3 Å². The number of nitrogens with two attached hydrogens (primary N) is 1. The molecule has 2 aromatic heterocycles. The van der Waals surface area contributed by atoms with E-state index < -0.39 is 9.84 Å². The maximum absolute atomic E-state index is 11.8. The van der Waals surface area contributed by atoms with E-state index in [0.717, 1.165) is 6.26 Å². The van der Waals surface area contributed by atoms with Gasteiger partial charge in [0.15, 0.2) is 9.84 Å². The molecule has 1 aromatic carbocycles. The van der Waals surface area contributed by atoms with Gasteiger partial charge in [0, 0.05) is 29.9 Å². The topological polar surface area (TPSA) is 98.8 Å². The summed E-state index contributed by atoms with van der Waals surface area (Å²) in [5.74, 6) is 0. The molecule has 0 radical (unpaired) electrons. The second-order valence-corrected chi connectivity index (χ2v) is 6.63. The molecule has 0 saturated heterocycles. The molecule has 2 heterocycles. The summed E-state index contributed by atoms with van der Waals surface area (Å²) in [5, 5.41) is 0. The lowest BCUT2D eigenvalue weighted by molar-refractivity contribution is 0.602. The third-order valence-corrected chi connectivity index (χ3v) is 4.18. The number of pyridine rings is 1. The van der Waals surface area contributed by atoms with Crippen molar-refractivity contribution in [2.45, 2.75) is 4.90 Å². The Bertz CT molecular complexity index is 939. The molecular weight excluding hydrogens is 288 g/mol. The second kappa shape index (κ2) is 4.78. The Kier molecular flexibility index (Phi) is 3.06. The maximum atomic E-state index is 11.8. The van der Waals surface area contributed by atoms with Crippen molar-refractivity contribution in [2.75, 3.05) is 12.0 Å². The predicted molar refractivity (Wildman–Crippen MR) is 80.3 cm³/mol. The van der Waals surface area contributed by atoms with Gasteiger partial charge in [-0.1, -0.05) is 0 Å². The minimum atomic E-state index is -3.37. The third kappa shape index (κ3) is 2.55. The Balaban J connectivity index is 2.24. The summed E-state index contributed by atoms with van der Waals surface area (Å²) in [6.07, 6.45) is 5.59. The van der Waals surface area contributed by atoms with E-state index in [2.05, 4.69) is 15.0 Å². The van der Waals surface area contributed by atoms with Gasteiger partial charge in [-0.25, -0.2) is 13.4 Å². The van der Waals surface area contributed by atoms with Crippen LogP contribution in [0.5, 0.6) is 0 Å². The van der Waals surface area contributed by atoms with Crippen LogP contribution in [0.2, 0.25) is 0 Å². The van der Waals surface area contributed by atoms with Crippen molar-refractivity contribution in [2.24, 2.45) is 0 Å². The van der Waals surface area contributed by atoms with E-state index in [1.807, 2.05) is 0 Å². The summed E-state index contributed by atoms with van der Waals surface area (Å²) in [6.45, 7) is 0. The van der Waals surface area contributed by atoms with Crippen molar-refractivity contribution >= 4 is 26.6 Å². The van der Waals surface area contributed by atoms with Crippen molar-refractivity contribution in [1.82, 2.24) is 15.0 Å². The lowest BCUT2D eigenvalue weighted by Gasteiger charge is -2.07. The molecule has 21 heavy (non-hydrogen) atoms. The molecule has 3 rings (SSSR count). The Hall–Kier alpha value is -2.54. The molecule has 106 valence electrons. The van der Waals surface area contributed by atoms with Gasteiger partial charge in [-0.2, -0.15) is 0 Å². The van der Waals surface area contributed by atoms with Gasteiger partial charge in [0.1, 0.15) is 0 Å². The van der Waals surface area contributed by atoms with Crippen molar-refractivity contribution in [3.63, 3.8) is 0 Å². The zero-order valence-corrected chi connectivity index (χ0v) is 12.0. The molecular formula is C14H12N4O2S. The molecule has 0 amide bonds. The monoisotopic (exact) mass is 300 g/mol. The van der Waals surface area contributed by atoms with Crippen LogP contribution in [0.25, 0.3) is 22.3 Å². The average molecular weight is 300 g/mol. The third-order valence-electron chi connectivity index (χ3n) is 3.02. The molecule has 7 heteroatoms. The van der Waals surface area contributed by atoms with Crippen LogP contribution < -0.4 is 5.73 Å². The van der Waals surface area contributed by atoms with Crippen molar-refractivity contribution < 1.29 is 8.42 Å². The first-order valence-electron chi connectivity index (χ1n) is 6.12. The van der Waals surface area contributed by atoms with E-state index in [0.29, 0.717) is 28.0 Å². The molecule has 0 aliphatic heterocycles. The largest absolute Gasteiger partial charge is 0.399 e. The van der Waals surface area contributed by atoms with Gasteiger partial charge in [-0.3, -0.25) is 9.97 Å². The van der Waals surface area contributed by atoms with Crippen LogP contribution in [-0.4, -0.2) is 29.6 Å². The highest BCUT2D eigenvalue weighted by Crippen LogP contribution is 2.26. The summed E-state index contributed by atoms with van der Waals surface area (Å²) in [7, 11) is -3.37. The van der Waals surface area contributed by atoms with Crippen LogP contribution in [0.4, 0.5) is 5.69 Å². The average Bonchev–Trinajstić information content (AvgIpc) is 2.46. The Morgan fingerprint density at radius 2 is 1.90 bits per heavy atom. The van der Waals surface area contributed by atoms with Gasteiger partial charge in [-0.15, -0.1) is 0 Å². The molecule has 0 fully saturated rings. The van der Waals surface area contributed by atoms with E-state index in [9.17, 15) is 8.42 Å². The highest BCUT2D eigenvalue weighted by Gasteiger charge is 2.16. The van der Waals surface area contributed by atoms with Crippen LogP contribution in [0.1, 0.15) is 0 Å². The van der Waals surface area contributed by atoms with Gasteiger partial charge >= 0.3 is 0 Å². The molecule has 0 atom stereocenters. The van der Waals surface area contributed by atoms with Crippen LogP contribution >= 0.6 is 0 Å². The standard InChI is InChI=1S/C14H12N4O2S/c1-21(19,20)14-4-5-16-7-10(14)13-8-17-12-6-9(15)2-3-11(12)18-13/h2-8H,15H2,1H3. The number of rotatable bonds is 2. The summed E-state index contributed by atoms with van der Waals surface area (Å²) in [4.78, 5) is 12.9. The first-order chi connectivity index (χ1) is 9.95. The Labute approximate surface area is 121 Å². The second-order valence-electron chi connectivity index (χ2n) is 4.65. The van der Waals surface area contributed by atoms with Crippen molar-refractivity contribution in [3.05, 3.63) is 42.9 Å². The van der Waals surface area contributed by atoms with E-state index in [4.69, 9.17) is 5.73 Å². The Morgan fingerprint density at radius 1 is 1.10 bits per heavy atom. The predicted octanol–water partition coefficient (Wildman–Crippen LogP) is 1.68. The SMILES string of the molecule is CS(=O)(=O)c1ccncc1-c1cnc2cc(N)ccc2n1. The van der Waals surface area contributed by atoms with Crippen LogP contribution in [0.15, 0.2) is 47.8 Å². The maximum Gasteiger partial charge on any atom is 0.176 e. The smallest absolute Gasteiger partial charge is 0.176 e. The molecule has 0 spiro atoms. The minimum absolute atomic E-state index is 0.182. The highest BCUT2D eigenvalue weighted by atomic mass is 32.2. The summed E-state index contributed by atoms with van der Waals surface area (Å²) >= 11 is 0. The van der Waals surface area contributed by atoms with Crippen molar-refractivity contribution in [3.8, 4) is 11.3 Å². The zero-order valence-electron chi connectivity index (χ0n) is 11.2. The number of sulfone groups is 1. The summed E-state index contributed by atoms with van der Waals surface area (Å²) in [6, 6.07) is 6.64. The van der Waals surface area contributed by atoms with Crippen LogP contribution in [0.3, 0.4) is 0 Å². The number of hydrogen-bond donors (Lipinski definition) is 1. The molecule has 0 unspecified atom stereocenters. The fraction of sp³-hybridized carbons (Fsp3) is 0.0714. The molecule has 0 bridgehead atoms. The number of nitrogen functional groups attached to an aromatic ring is 1. The van der Waals surface area contributed by atoms with E-state index in [1.54, 1.807) is 18.2 Å². The fourth-order valence-corrected chi connectivity index (χ4v) is 2.92.